The number of likely N-dealkylation sites (tertiary alicyclic amines) is 1. The average molecular weight is 278 g/mol. The van der Waals surface area contributed by atoms with E-state index in [1.807, 2.05) is 4.90 Å². The zero-order valence-electron chi connectivity index (χ0n) is 12.3. The molecule has 0 aromatic heterocycles. The first kappa shape index (κ1) is 15.2. The van der Waals surface area contributed by atoms with Crippen molar-refractivity contribution < 1.29 is 9.53 Å². The number of ether oxygens (including phenoxy) is 1. The van der Waals surface area contributed by atoms with E-state index >= 15 is 0 Å². The van der Waals surface area contributed by atoms with Crippen molar-refractivity contribution in [2.24, 2.45) is 5.92 Å². The number of terminal acetylenes is 1. The van der Waals surface area contributed by atoms with Crippen LogP contribution in [0.2, 0.25) is 0 Å². The van der Waals surface area contributed by atoms with Crippen LogP contribution in [0.5, 0.6) is 0 Å². The monoisotopic (exact) mass is 278 g/mol. The number of carbonyl (C=O) groups excluding carboxylic acids is 1. The smallest absolute Gasteiger partial charge is 0.317 e. The zero-order chi connectivity index (χ0) is 14.2. The van der Waals surface area contributed by atoms with Gasteiger partial charge >= 0.3 is 6.03 Å². The van der Waals surface area contributed by atoms with Gasteiger partial charge in [-0.3, -0.25) is 0 Å². The van der Waals surface area contributed by atoms with Gasteiger partial charge in [0.2, 0.25) is 0 Å². The fraction of sp³-hybridized carbons (Fsp3) is 0.812. The van der Waals surface area contributed by atoms with E-state index in [2.05, 4.69) is 11.2 Å². The molecule has 20 heavy (non-hydrogen) atoms. The molecule has 4 nitrogen and oxygen atoms in total. The molecule has 1 saturated heterocycles. The highest BCUT2D eigenvalue weighted by Crippen LogP contribution is 2.20. The molecule has 0 spiro atoms. The van der Waals surface area contributed by atoms with E-state index in [1.165, 1.54) is 19.3 Å². The van der Waals surface area contributed by atoms with Gasteiger partial charge in [-0.1, -0.05) is 25.2 Å². The van der Waals surface area contributed by atoms with Gasteiger partial charge in [0.1, 0.15) is 6.61 Å². The molecule has 2 fully saturated rings. The molecule has 2 rings (SSSR count). The summed E-state index contributed by atoms with van der Waals surface area (Å²) in [6, 6.07) is 0.521. The molecule has 4 heteroatoms. The van der Waals surface area contributed by atoms with Crippen molar-refractivity contribution in [3.8, 4) is 12.3 Å². The van der Waals surface area contributed by atoms with E-state index in [0.717, 1.165) is 45.4 Å². The van der Waals surface area contributed by atoms with Crippen LogP contribution in [0.4, 0.5) is 4.79 Å². The molecule has 2 aliphatic rings. The number of rotatable bonds is 4. The Bertz CT molecular complexity index is 337. The standard InChI is InChI=1S/C16H26N2O2/c1-2-12-20-13-14-8-10-18(11-9-14)16(19)17-15-6-4-3-5-7-15/h1,14-15H,3-13H2,(H,17,19). The Balaban J connectivity index is 1.65. The van der Waals surface area contributed by atoms with Crippen LogP contribution >= 0.6 is 0 Å². The predicted octanol–water partition coefficient (Wildman–Crippen LogP) is 2.39. The van der Waals surface area contributed by atoms with Crippen molar-refractivity contribution in [1.29, 1.82) is 0 Å². The third-order valence-electron chi connectivity index (χ3n) is 4.37. The summed E-state index contributed by atoms with van der Waals surface area (Å²) in [6.07, 6.45) is 13.3. The third kappa shape index (κ3) is 4.72. The number of nitrogens with zero attached hydrogens (tertiary/aromatic N) is 1. The highest BCUT2D eigenvalue weighted by Gasteiger charge is 2.24. The van der Waals surface area contributed by atoms with Crippen molar-refractivity contribution >= 4 is 6.03 Å². The second kappa shape index (κ2) is 8.16. The van der Waals surface area contributed by atoms with Gasteiger partial charge < -0.3 is 15.0 Å². The van der Waals surface area contributed by atoms with Crippen LogP contribution in [0, 0.1) is 18.3 Å². The maximum absolute atomic E-state index is 12.2. The van der Waals surface area contributed by atoms with Gasteiger partial charge in [-0.05, 0) is 31.6 Å². The molecule has 0 aromatic carbocycles. The second-order valence-corrected chi connectivity index (χ2v) is 5.93. The Morgan fingerprint density at radius 3 is 2.55 bits per heavy atom. The third-order valence-corrected chi connectivity index (χ3v) is 4.37. The van der Waals surface area contributed by atoms with Crippen molar-refractivity contribution in [2.75, 3.05) is 26.3 Å². The quantitative estimate of drug-likeness (QED) is 0.634. The second-order valence-electron chi connectivity index (χ2n) is 5.93. The van der Waals surface area contributed by atoms with Crippen LogP contribution in [0.25, 0.3) is 0 Å². The minimum atomic E-state index is 0.125. The number of urea groups is 1. The number of hydrogen-bond acceptors (Lipinski definition) is 2. The van der Waals surface area contributed by atoms with Crippen LogP contribution in [0.3, 0.4) is 0 Å². The number of nitrogens with one attached hydrogen (secondary N) is 1. The lowest BCUT2D eigenvalue weighted by Crippen LogP contribution is -2.48. The fourth-order valence-corrected chi connectivity index (χ4v) is 3.10. The first-order valence-electron chi connectivity index (χ1n) is 7.86. The summed E-state index contributed by atoms with van der Waals surface area (Å²) in [5.41, 5.74) is 0. The molecule has 0 radical (unpaired) electrons. The van der Waals surface area contributed by atoms with E-state index in [0.29, 0.717) is 18.6 Å². The van der Waals surface area contributed by atoms with Crippen LogP contribution in [0.1, 0.15) is 44.9 Å². The maximum atomic E-state index is 12.2. The fourth-order valence-electron chi connectivity index (χ4n) is 3.10. The van der Waals surface area contributed by atoms with Gasteiger partial charge in [0, 0.05) is 19.1 Å². The molecule has 1 saturated carbocycles. The maximum Gasteiger partial charge on any atom is 0.317 e. The van der Waals surface area contributed by atoms with E-state index in [1.54, 1.807) is 0 Å². The number of hydrogen-bond donors (Lipinski definition) is 1. The molecule has 1 aliphatic carbocycles. The molecular formula is C16H26N2O2. The molecule has 2 amide bonds. The predicted molar refractivity (Wildman–Crippen MR) is 79.4 cm³/mol. The first-order valence-corrected chi connectivity index (χ1v) is 7.86. The van der Waals surface area contributed by atoms with Crippen LogP contribution < -0.4 is 5.32 Å². The lowest BCUT2D eigenvalue weighted by molar-refractivity contribution is 0.0903. The SMILES string of the molecule is C#CCOCC1CCN(C(=O)NC2CCCCC2)CC1. The molecule has 1 aliphatic heterocycles. The summed E-state index contributed by atoms with van der Waals surface area (Å²) in [4.78, 5) is 14.1. The summed E-state index contributed by atoms with van der Waals surface area (Å²) in [6.45, 7) is 2.79. The van der Waals surface area contributed by atoms with Crippen molar-refractivity contribution in [3.05, 3.63) is 0 Å². The normalized spacial score (nSPS) is 21.4. The molecule has 0 atom stereocenters. The molecular weight excluding hydrogens is 252 g/mol. The minimum absolute atomic E-state index is 0.125. The van der Waals surface area contributed by atoms with Crippen molar-refractivity contribution in [2.45, 2.75) is 51.0 Å². The van der Waals surface area contributed by atoms with Gasteiger partial charge in [-0.25, -0.2) is 4.79 Å². The Kier molecular flexibility index (Phi) is 6.20. The Hall–Kier alpha value is -1.21. The van der Waals surface area contributed by atoms with E-state index in [4.69, 9.17) is 11.2 Å². The minimum Gasteiger partial charge on any atom is -0.369 e. The molecule has 112 valence electrons. The highest BCUT2D eigenvalue weighted by molar-refractivity contribution is 5.74. The van der Waals surface area contributed by atoms with Crippen LogP contribution in [0.15, 0.2) is 0 Å². The van der Waals surface area contributed by atoms with E-state index < -0.39 is 0 Å². The Morgan fingerprint density at radius 1 is 1.20 bits per heavy atom. The average Bonchev–Trinajstić information content (AvgIpc) is 2.49. The molecule has 0 aromatic rings. The van der Waals surface area contributed by atoms with E-state index in [-0.39, 0.29) is 6.03 Å². The molecule has 1 heterocycles. The first-order chi connectivity index (χ1) is 9.79. The van der Waals surface area contributed by atoms with Crippen LogP contribution in [-0.2, 0) is 4.74 Å². The summed E-state index contributed by atoms with van der Waals surface area (Å²) < 4.78 is 5.38. The molecule has 0 bridgehead atoms. The topological polar surface area (TPSA) is 41.6 Å². The number of amides is 2. The van der Waals surface area contributed by atoms with Gasteiger partial charge in [-0.15, -0.1) is 6.42 Å². The zero-order valence-corrected chi connectivity index (χ0v) is 12.3. The van der Waals surface area contributed by atoms with Crippen molar-refractivity contribution in [1.82, 2.24) is 10.2 Å². The summed E-state index contributed by atoms with van der Waals surface area (Å²) >= 11 is 0. The molecule has 1 N–H and O–H groups in total. The summed E-state index contributed by atoms with van der Waals surface area (Å²) in [5, 5.41) is 3.18. The number of piperidine rings is 1. The van der Waals surface area contributed by atoms with Gasteiger partial charge in [-0.2, -0.15) is 0 Å². The lowest BCUT2D eigenvalue weighted by Gasteiger charge is -2.33. The van der Waals surface area contributed by atoms with Gasteiger partial charge in [0.25, 0.3) is 0 Å². The largest absolute Gasteiger partial charge is 0.369 e. The Labute approximate surface area is 122 Å². The number of carbonyl (C=O) groups is 1. The lowest BCUT2D eigenvalue weighted by atomic mass is 9.95. The van der Waals surface area contributed by atoms with Crippen LogP contribution in [-0.4, -0.2) is 43.3 Å². The van der Waals surface area contributed by atoms with Gasteiger partial charge in [0.05, 0.1) is 6.61 Å². The Morgan fingerprint density at radius 2 is 1.90 bits per heavy atom. The summed E-state index contributed by atoms with van der Waals surface area (Å²) in [5.74, 6) is 3.03. The van der Waals surface area contributed by atoms with Gasteiger partial charge in [0.15, 0.2) is 0 Å². The molecule has 0 unspecified atom stereocenters. The summed E-state index contributed by atoms with van der Waals surface area (Å²) in [7, 11) is 0. The van der Waals surface area contributed by atoms with E-state index in [9.17, 15) is 4.79 Å². The highest BCUT2D eigenvalue weighted by atomic mass is 16.5. The van der Waals surface area contributed by atoms with Crippen molar-refractivity contribution in [3.63, 3.8) is 0 Å².